The van der Waals surface area contributed by atoms with Gasteiger partial charge in [0, 0.05) is 26.3 Å². The Morgan fingerprint density at radius 2 is 1.91 bits per heavy atom. The number of carbonyl (C=O) groups excluding carboxylic acids is 3. The van der Waals surface area contributed by atoms with Crippen LogP contribution in [0.25, 0.3) is 0 Å². The van der Waals surface area contributed by atoms with E-state index < -0.39 is 29.6 Å². The molecule has 9 nitrogen and oxygen atoms in total. The lowest BCUT2D eigenvalue weighted by atomic mass is 10.0. The topological polar surface area (TPSA) is 141 Å². The number of primary amides is 1. The highest BCUT2D eigenvalue weighted by atomic mass is 32.1. The molecule has 0 radical (unpaired) electrons. The number of amides is 3. The number of hydrogen-bond donors (Lipinski definition) is 3. The zero-order valence-corrected chi connectivity index (χ0v) is 20.5. The number of halogens is 1. The molecule has 0 fully saturated rings. The first-order chi connectivity index (χ1) is 16.2. The van der Waals surface area contributed by atoms with Crippen molar-refractivity contribution < 1.29 is 23.5 Å². The summed E-state index contributed by atoms with van der Waals surface area (Å²) in [4.78, 5) is 39.9. The highest BCUT2D eigenvalue weighted by Crippen LogP contribution is 2.29. The average Bonchev–Trinajstić information content (AvgIpc) is 3.17. The summed E-state index contributed by atoms with van der Waals surface area (Å²) in [7, 11) is 0. The molecule has 1 heterocycles. The Morgan fingerprint density at radius 3 is 2.47 bits per heavy atom. The maximum atomic E-state index is 13.6. The van der Waals surface area contributed by atoms with Gasteiger partial charge in [-0.3, -0.25) is 14.4 Å². The predicted molar refractivity (Wildman–Crippen MR) is 129 cm³/mol. The molecule has 0 spiro atoms. The van der Waals surface area contributed by atoms with Crippen molar-refractivity contribution in [2.24, 2.45) is 11.7 Å². The maximum Gasteiger partial charge on any atom is 0.270 e. The zero-order chi connectivity index (χ0) is 25.3. The molecule has 0 unspecified atom stereocenters. The van der Waals surface area contributed by atoms with E-state index in [1.54, 1.807) is 0 Å². The fourth-order valence-corrected chi connectivity index (χ4v) is 4.05. The summed E-state index contributed by atoms with van der Waals surface area (Å²) in [5.74, 6) is -1.92. The van der Waals surface area contributed by atoms with Gasteiger partial charge in [0.05, 0.1) is 5.69 Å². The number of ether oxygens (including phenoxy) is 1. The molecule has 1 aromatic carbocycles. The van der Waals surface area contributed by atoms with E-state index in [2.05, 4.69) is 9.69 Å². The Balaban J connectivity index is 2.46. The second-order valence-electron chi connectivity index (χ2n) is 8.11. The lowest BCUT2D eigenvalue weighted by Gasteiger charge is -2.31. The SMILES string of the molecule is CCOCCCN(C(=O)c1snc(C(N)=O)c1N)[C@@H](C(=O)NCCC(C)C)c1ccc(F)cc1. The first kappa shape index (κ1) is 27.2. The Bertz CT molecular complexity index is 980. The zero-order valence-electron chi connectivity index (χ0n) is 19.7. The Kier molecular flexibility index (Phi) is 10.4. The standard InChI is InChI=1S/C23H32FN5O4S/c1-4-33-13-5-12-29(23(32)20-17(25)18(21(26)30)28-34-20)19(15-6-8-16(24)9-7-15)22(31)27-11-10-14(2)3/h6-9,14,19H,4-5,10-13,25H2,1-3H3,(H2,26,30)(H,27,31)/t19-/m1/s1. The molecule has 5 N–H and O–H groups in total. The Morgan fingerprint density at radius 1 is 1.24 bits per heavy atom. The largest absolute Gasteiger partial charge is 0.395 e. The van der Waals surface area contributed by atoms with E-state index >= 15 is 0 Å². The number of anilines is 1. The van der Waals surface area contributed by atoms with Crippen LogP contribution in [0, 0.1) is 11.7 Å². The minimum Gasteiger partial charge on any atom is -0.395 e. The summed E-state index contributed by atoms with van der Waals surface area (Å²) < 4.78 is 22.9. The number of nitrogens with two attached hydrogens (primary N) is 2. The van der Waals surface area contributed by atoms with Gasteiger partial charge >= 0.3 is 0 Å². The van der Waals surface area contributed by atoms with Crippen LogP contribution in [0.3, 0.4) is 0 Å². The Hall–Kier alpha value is -3.05. The van der Waals surface area contributed by atoms with Gasteiger partial charge in [0.25, 0.3) is 11.8 Å². The quantitative estimate of drug-likeness (QED) is 0.367. The number of nitrogen functional groups attached to an aromatic ring is 1. The molecule has 0 aliphatic carbocycles. The number of hydrogen-bond acceptors (Lipinski definition) is 7. The third-order valence-corrected chi connectivity index (χ3v) is 5.93. The molecule has 0 aliphatic heterocycles. The molecule has 0 saturated heterocycles. The molecule has 1 aromatic heterocycles. The fourth-order valence-electron chi connectivity index (χ4n) is 3.29. The van der Waals surface area contributed by atoms with E-state index in [9.17, 15) is 18.8 Å². The monoisotopic (exact) mass is 493 g/mol. The molecular formula is C23H32FN5O4S. The molecule has 186 valence electrons. The van der Waals surface area contributed by atoms with Crippen molar-refractivity contribution in [1.82, 2.24) is 14.6 Å². The van der Waals surface area contributed by atoms with E-state index in [0.717, 1.165) is 18.0 Å². The van der Waals surface area contributed by atoms with Crippen LogP contribution < -0.4 is 16.8 Å². The summed E-state index contributed by atoms with van der Waals surface area (Å²) in [5.41, 5.74) is 11.4. The van der Waals surface area contributed by atoms with Gasteiger partial charge in [-0.25, -0.2) is 4.39 Å². The van der Waals surface area contributed by atoms with Crippen molar-refractivity contribution in [3.05, 3.63) is 46.2 Å². The van der Waals surface area contributed by atoms with Crippen molar-refractivity contribution in [2.75, 3.05) is 32.0 Å². The highest BCUT2D eigenvalue weighted by molar-refractivity contribution is 7.09. The lowest BCUT2D eigenvalue weighted by molar-refractivity contribution is -0.126. The van der Waals surface area contributed by atoms with Crippen molar-refractivity contribution in [3.63, 3.8) is 0 Å². The third-order valence-electron chi connectivity index (χ3n) is 5.07. The van der Waals surface area contributed by atoms with Crippen LogP contribution in [0.2, 0.25) is 0 Å². The second-order valence-corrected chi connectivity index (χ2v) is 8.89. The summed E-state index contributed by atoms with van der Waals surface area (Å²) in [5, 5.41) is 2.88. The van der Waals surface area contributed by atoms with Gasteiger partial charge < -0.3 is 26.4 Å². The van der Waals surface area contributed by atoms with Crippen molar-refractivity contribution in [1.29, 1.82) is 0 Å². The molecule has 1 atom stereocenters. The van der Waals surface area contributed by atoms with Gasteiger partial charge in [0.2, 0.25) is 5.91 Å². The molecule has 0 saturated carbocycles. The lowest BCUT2D eigenvalue weighted by Crippen LogP contribution is -2.44. The van der Waals surface area contributed by atoms with Crippen molar-refractivity contribution >= 4 is 34.9 Å². The number of carbonyl (C=O) groups is 3. The minimum absolute atomic E-state index is 0.00676. The highest BCUT2D eigenvalue weighted by Gasteiger charge is 2.34. The van der Waals surface area contributed by atoms with Crippen LogP contribution in [0.4, 0.5) is 10.1 Å². The summed E-state index contributed by atoms with van der Waals surface area (Å²) in [6.07, 6.45) is 1.20. The number of nitrogens with zero attached hydrogens (tertiary/aromatic N) is 2. The number of benzene rings is 1. The van der Waals surface area contributed by atoms with Crippen LogP contribution in [0.15, 0.2) is 24.3 Å². The minimum atomic E-state index is -1.06. The molecule has 2 aromatic rings. The summed E-state index contributed by atoms with van der Waals surface area (Å²) in [6.45, 7) is 7.39. The first-order valence-electron chi connectivity index (χ1n) is 11.1. The maximum absolute atomic E-state index is 13.6. The third kappa shape index (κ3) is 7.22. The van der Waals surface area contributed by atoms with Gasteiger partial charge in [-0.1, -0.05) is 26.0 Å². The molecule has 0 aliphatic rings. The first-order valence-corrected chi connectivity index (χ1v) is 11.9. The average molecular weight is 494 g/mol. The normalized spacial score (nSPS) is 11.9. The summed E-state index contributed by atoms with van der Waals surface area (Å²) >= 11 is 0.743. The van der Waals surface area contributed by atoms with Crippen molar-refractivity contribution in [2.45, 2.75) is 39.7 Å². The van der Waals surface area contributed by atoms with Crippen molar-refractivity contribution in [3.8, 4) is 0 Å². The van der Waals surface area contributed by atoms with Gasteiger partial charge in [-0.05, 0) is 54.9 Å². The Labute approximate surface area is 202 Å². The van der Waals surface area contributed by atoms with Crippen LogP contribution in [0.5, 0.6) is 0 Å². The molecule has 11 heteroatoms. The van der Waals surface area contributed by atoms with E-state index in [0.29, 0.717) is 37.7 Å². The van der Waals surface area contributed by atoms with Crippen LogP contribution in [0.1, 0.15) is 65.4 Å². The van der Waals surface area contributed by atoms with Crippen LogP contribution in [-0.4, -0.2) is 53.3 Å². The van der Waals surface area contributed by atoms with E-state index in [-0.39, 0.29) is 22.8 Å². The number of rotatable bonds is 13. The van der Waals surface area contributed by atoms with Gasteiger partial charge in [-0.2, -0.15) is 4.37 Å². The fraction of sp³-hybridized carbons (Fsp3) is 0.478. The number of aromatic nitrogens is 1. The molecule has 2 rings (SSSR count). The predicted octanol–water partition coefficient (Wildman–Crippen LogP) is 2.74. The number of nitrogens with one attached hydrogen (secondary N) is 1. The molecular weight excluding hydrogens is 461 g/mol. The van der Waals surface area contributed by atoms with E-state index in [1.165, 1.54) is 29.2 Å². The molecule has 34 heavy (non-hydrogen) atoms. The smallest absolute Gasteiger partial charge is 0.270 e. The molecule has 0 bridgehead atoms. The van der Waals surface area contributed by atoms with Crippen LogP contribution >= 0.6 is 11.5 Å². The molecule has 3 amide bonds. The van der Waals surface area contributed by atoms with E-state index in [1.807, 2.05) is 20.8 Å². The van der Waals surface area contributed by atoms with Crippen LogP contribution in [-0.2, 0) is 9.53 Å². The van der Waals surface area contributed by atoms with E-state index in [4.69, 9.17) is 16.2 Å². The van der Waals surface area contributed by atoms with Gasteiger partial charge in [0.1, 0.15) is 16.7 Å². The second kappa shape index (κ2) is 13.0. The summed E-state index contributed by atoms with van der Waals surface area (Å²) in [6, 6.07) is 4.35. The van der Waals surface area contributed by atoms with Gasteiger partial charge in [0.15, 0.2) is 5.69 Å². The van der Waals surface area contributed by atoms with Gasteiger partial charge in [-0.15, -0.1) is 0 Å².